The summed E-state index contributed by atoms with van der Waals surface area (Å²) in [7, 11) is 0. The van der Waals surface area contributed by atoms with Gasteiger partial charge in [0, 0.05) is 19.3 Å². The van der Waals surface area contributed by atoms with Crippen LogP contribution in [0.15, 0.2) is 60.8 Å². The van der Waals surface area contributed by atoms with E-state index in [-0.39, 0.29) is 31.1 Å². The lowest BCUT2D eigenvalue weighted by Crippen LogP contribution is -2.30. The third-order valence-electron chi connectivity index (χ3n) is 13.9. The summed E-state index contributed by atoms with van der Waals surface area (Å²) in [6.45, 7) is 6.57. The molecule has 0 fully saturated rings. The van der Waals surface area contributed by atoms with Crippen LogP contribution in [0.25, 0.3) is 0 Å². The van der Waals surface area contributed by atoms with Crippen LogP contribution in [-0.2, 0) is 28.6 Å². The lowest BCUT2D eigenvalue weighted by Gasteiger charge is -2.18. The summed E-state index contributed by atoms with van der Waals surface area (Å²) < 4.78 is 16.9. The van der Waals surface area contributed by atoms with Gasteiger partial charge < -0.3 is 14.2 Å². The second kappa shape index (κ2) is 61.7. The standard InChI is InChI=1S/C67H120O6/c1-4-7-10-13-16-19-22-25-27-29-31-32-33-34-36-37-39-42-45-48-51-54-57-60-66(69)72-63-64(62-71-65(68)59-56-53-50-47-44-41-24-21-18-15-12-9-6-3)73-67(70)61-58-55-52-49-46-43-40-38-35-30-28-26-23-20-17-14-11-8-5-2/h12,15,17,20-21,24,26,28-29,31,64H,4-11,13-14,16,18-19,22-23,25,27,30,32-63H2,1-3H3/b15-12-,20-17-,24-21-,28-26-,31-29-. The highest BCUT2D eigenvalue weighted by Gasteiger charge is 2.19. The number of carbonyl (C=O) groups is 3. The molecule has 6 heteroatoms. The number of allylic oxidation sites excluding steroid dienone is 10. The summed E-state index contributed by atoms with van der Waals surface area (Å²) in [6, 6.07) is 0. The van der Waals surface area contributed by atoms with E-state index in [1.807, 2.05) is 0 Å². The van der Waals surface area contributed by atoms with Gasteiger partial charge in [0.05, 0.1) is 0 Å². The summed E-state index contributed by atoms with van der Waals surface area (Å²) in [6.07, 6.45) is 78.0. The molecule has 0 aromatic heterocycles. The molecule has 0 saturated heterocycles. The first-order valence-corrected chi connectivity index (χ1v) is 31.8. The Labute approximate surface area is 453 Å². The van der Waals surface area contributed by atoms with Gasteiger partial charge in [-0.2, -0.15) is 0 Å². The molecule has 0 spiro atoms. The van der Waals surface area contributed by atoms with Gasteiger partial charge in [0.2, 0.25) is 0 Å². The zero-order chi connectivity index (χ0) is 52.9. The molecule has 73 heavy (non-hydrogen) atoms. The molecule has 424 valence electrons. The zero-order valence-corrected chi connectivity index (χ0v) is 48.7. The Morgan fingerprint density at radius 1 is 0.274 bits per heavy atom. The summed E-state index contributed by atoms with van der Waals surface area (Å²) in [5.74, 6) is -0.884. The lowest BCUT2D eigenvalue weighted by atomic mass is 10.0. The summed E-state index contributed by atoms with van der Waals surface area (Å²) in [5.41, 5.74) is 0. The first-order valence-electron chi connectivity index (χ1n) is 31.8. The van der Waals surface area contributed by atoms with E-state index >= 15 is 0 Å². The molecule has 0 aliphatic rings. The largest absolute Gasteiger partial charge is 0.462 e. The Balaban J connectivity index is 4.30. The van der Waals surface area contributed by atoms with E-state index in [0.29, 0.717) is 19.3 Å². The molecule has 0 aliphatic carbocycles. The van der Waals surface area contributed by atoms with Crippen molar-refractivity contribution < 1.29 is 28.6 Å². The molecule has 0 aromatic rings. The van der Waals surface area contributed by atoms with Gasteiger partial charge in [-0.25, -0.2) is 0 Å². The highest BCUT2D eigenvalue weighted by Crippen LogP contribution is 2.16. The number of hydrogen-bond donors (Lipinski definition) is 0. The van der Waals surface area contributed by atoms with Gasteiger partial charge in [-0.1, -0.05) is 268 Å². The van der Waals surface area contributed by atoms with Crippen molar-refractivity contribution >= 4 is 17.9 Å². The van der Waals surface area contributed by atoms with Crippen LogP contribution in [0.4, 0.5) is 0 Å². The molecule has 0 aliphatic heterocycles. The maximum Gasteiger partial charge on any atom is 0.306 e. The van der Waals surface area contributed by atoms with Gasteiger partial charge in [-0.05, 0) is 103 Å². The Hall–Kier alpha value is -2.89. The minimum absolute atomic E-state index is 0.0792. The van der Waals surface area contributed by atoms with Crippen molar-refractivity contribution in [3.05, 3.63) is 60.8 Å². The van der Waals surface area contributed by atoms with Crippen LogP contribution in [0.3, 0.4) is 0 Å². The topological polar surface area (TPSA) is 78.9 Å². The molecule has 0 saturated carbocycles. The van der Waals surface area contributed by atoms with E-state index in [1.165, 1.54) is 199 Å². The Kier molecular flexibility index (Phi) is 59.2. The van der Waals surface area contributed by atoms with E-state index in [2.05, 4.69) is 81.5 Å². The molecule has 0 aromatic carbocycles. The number of carbonyl (C=O) groups excluding carboxylic acids is 3. The van der Waals surface area contributed by atoms with Crippen molar-refractivity contribution in [1.29, 1.82) is 0 Å². The van der Waals surface area contributed by atoms with Crippen LogP contribution in [0, 0.1) is 0 Å². The van der Waals surface area contributed by atoms with Gasteiger partial charge >= 0.3 is 17.9 Å². The average molecular weight is 1020 g/mol. The Bertz CT molecular complexity index is 1310. The molecule has 1 unspecified atom stereocenters. The maximum absolute atomic E-state index is 12.9. The van der Waals surface area contributed by atoms with Crippen LogP contribution < -0.4 is 0 Å². The number of esters is 3. The fraction of sp³-hybridized carbons (Fsp3) is 0.806. The van der Waals surface area contributed by atoms with Crippen LogP contribution in [0.2, 0.25) is 0 Å². The predicted molar refractivity (Wildman–Crippen MR) is 316 cm³/mol. The monoisotopic (exact) mass is 1020 g/mol. The van der Waals surface area contributed by atoms with Crippen molar-refractivity contribution in [2.24, 2.45) is 0 Å². The first-order chi connectivity index (χ1) is 36.0. The highest BCUT2D eigenvalue weighted by atomic mass is 16.6. The minimum Gasteiger partial charge on any atom is -0.462 e. The molecule has 0 heterocycles. The molecule has 0 rings (SSSR count). The number of rotatable bonds is 58. The minimum atomic E-state index is -0.783. The van der Waals surface area contributed by atoms with Crippen LogP contribution >= 0.6 is 0 Å². The molecule has 0 N–H and O–H groups in total. The molecular weight excluding hydrogens is 901 g/mol. The fourth-order valence-corrected chi connectivity index (χ4v) is 9.15. The van der Waals surface area contributed by atoms with Crippen molar-refractivity contribution in [3.8, 4) is 0 Å². The molecule has 1 atom stereocenters. The SMILES string of the molecule is CCC/C=C\C/C=C\CCCCCCCC(=O)OCC(COC(=O)CCCCCCCCCCCCC/C=C\CCCCCCCCCC)OC(=O)CCCCCCCCCCC/C=C\C/C=C\CCCCC. The normalized spacial score (nSPS) is 12.4. The van der Waals surface area contributed by atoms with Crippen LogP contribution in [0.5, 0.6) is 0 Å². The van der Waals surface area contributed by atoms with Crippen LogP contribution in [0.1, 0.15) is 329 Å². The number of unbranched alkanes of at least 4 members (excludes halogenated alkanes) is 37. The molecule has 6 nitrogen and oxygen atoms in total. The summed E-state index contributed by atoms with van der Waals surface area (Å²) >= 11 is 0. The second-order valence-corrected chi connectivity index (χ2v) is 21.3. The molecule has 0 bridgehead atoms. The fourth-order valence-electron chi connectivity index (χ4n) is 9.15. The molecule has 0 radical (unpaired) electrons. The summed E-state index contributed by atoms with van der Waals surface area (Å²) in [5, 5.41) is 0. The Morgan fingerprint density at radius 3 is 0.849 bits per heavy atom. The van der Waals surface area contributed by atoms with E-state index in [4.69, 9.17) is 14.2 Å². The van der Waals surface area contributed by atoms with E-state index in [1.54, 1.807) is 0 Å². The van der Waals surface area contributed by atoms with Crippen molar-refractivity contribution in [1.82, 2.24) is 0 Å². The van der Waals surface area contributed by atoms with Gasteiger partial charge in [0.15, 0.2) is 6.10 Å². The summed E-state index contributed by atoms with van der Waals surface area (Å²) in [4.78, 5) is 38.3. The third kappa shape index (κ3) is 59.9. The quantitative estimate of drug-likeness (QED) is 0.0261. The van der Waals surface area contributed by atoms with E-state index in [9.17, 15) is 14.4 Å². The van der Waals surface area contributed by atoms with Crippen molar-refractivity contribution in [3.63, 3.8) is 0 Å². The average Bonchev–Trinajstić information content (AvgIpc) is 3.39. The molecular formula is C67H120O6. The van der Waals surface area contributed by atoms with Gasteiger partial charge in [0.25, 0.3) is 0 Å². The first kappa shape index (κ1) is 70.1. The lowest BCUT2D eigenvalue weighted by molar-refractivity contribution is -0.167. The van der Waals surface area contributed by atoms with Gasteiger partial charge in [-0.3, -0.25) is 14.4 Å². The maximum atomic E-state index is 12.9. The predicted octanol–water partition coefficient (Wildman–Crippen LogP) is 21.6. The molecule has 0 amide bonds. The second-order valence-electron chi connectivity index (χ2n) is 21.3. The van der Waals surface area contributed by atoms with Gasteiger partial charge in [-0.15, -0.1) is 0 Å². The zero-order valence-electron chi connectivity index (χ0n) is 48.7. The van der Waals surface area contributed by atoms with Crippen LogP contribution in [-0.4, -0.2) is 37.2 Å². The highest BCUT2D eigenvalue weighted by molar-refractivity contribution is 5.71. The van der Waals surface area contributed by atoms with Crippen molar-refractivity contribution in [2.75, 3.05) is 13.2 Å². The van der Waals surface area contributed by atoms with Gasteiger partial charge in [0.1, 0.15) is 13.2 Å². The van der Waals surface area contributed by atoms with E-state index < -0.39 is 6.10 Å². The van der Waals surface area contributed by atoms with Crippen molar-refractivity contribution in [2.45, 2.75) is 335 Å². The Morgan fingerprint density at radius 2 is 0.521 bits per heavy atom. The smallest absolute Gasteiger partial charge is 0.306 e. The third-order valence-corrected chi connectivity index (χ3v) is 13.9. The van der Waals surface area contributed by atoms with E-state index in [0.717, 1.165) is 89.9 Å². The number of ether oxygens (including phenoxy) is 3. The number of hydrogen-bond acceptors (Lipinski definition) is 6.